The summed E-state index contributed by atoms with van der Waals surface area (Å²) in [7, 11) is 1.81. The summed E-state index contributed by atoms with van der Waals surface area (Å²) < 4.78 is 0. The number of halogens is 1. The molecular formula is C19H29IN4O. The second-order valence-corrected chi connectivity index (χ2v) is 6.71. The third-order valence-electron chi connectivity index (χ3n) is 5.00. The zero-order chi connectivity index (χ0) is 16.8. The minimum Gasteiger partial charge on any atom is -0.356 e. The fourth-order valence-electron chi connectivity index (χ4n) is 3.67. The number of guanidine groups is 1. The van der Waals surface area contributed by atoms with Crippen LogP contribution in [0.5, 0.6) is 0 Å². The first-order valence-electron chi connectivity index (χ1n) is 9.08. The second-order valence-electron chi connectivity index (χ2n) is 6.71. The number of nitrogens with one attached hydrogen (secondary N) is 2. The molecule has 25 heavy (non-hydrogen) atoms. The Morgan fingerprint density at radius 3 is 2.68 bits per heavy atom. The molecule has 0 unspecified atom stereocenters. The van der Waals surface area contributed by atoms with Gasteiger partial charge < -0.3 is 15.5 Å². The molecule has 1 aliphatic heterocycles. The molecule has 0 radical (unpaired) electrons. The van der Waals surface area contributed by atoms with Crippen molar-refractivity contribution in [3.05, 3.63) is 35.4 Å². The van der Waals surface area contributed by atoms with E-state index >= 15 is 0 Å². The third-order valence-corrected chi connectivity index (χ3v) is 5.00. The summed E-state index contributed by atoms with van der Waals surface area (Å²) >= 11 is 0. The molecule has 1 saturated carbocycles. The lowest BCUT2D eigenvalue weighted by molar-refractivity contribution is -0.121. The van der Waals surface area contributed by atoms with Crippen molar-refractivity contribution in [2.45, 2.75) is 51.1 Å². The summed E-state index contributed by atoms with van der Waals surface area (Å²) in [6, 6.07) is 8.98. The molecule has 6 heteroatoms. The molecule has 0 bridgehead atoms. The molecule has 0 saturated heterocycles. The number of fused-ring (bicyclic) bond motifs is 1. The van der Waals surface area contributed by atoms with Gasteiger partial charge in [-0.3, -0.25) is 9.79 Å². The van der Waals surface area contributed by atoms with Crippen LogP contribution in [0.25, 0.3) is 0 Å². The van der Waals surface area contributed by atoms with Gasteiger partial charge in [0.2, 0.25) is 5.91 Å². The smallest absolute Gasteiger partial charge is 0.221 e. The van der Waals surface area contributed by atoms with Crippen LogP contribution < -0.4 is 10.6 Å². The van der Waals surface area contributed by atoms with E-state index in [-0.39, 0.29) is 29.9 Å². The maximum atomic E-state index is 12.0. The van der Waals surface area contributed by atoms with Crippen molar-refractivity contribution in [2.75, 3.05) is 20.1 Å². The summed E-state index contributed by atoms with van der Waals surface area (Å²) in [5.74, 6) is 1.03. The molecule has 0 aromatic heterocycles. The van der Waals surface area contributed by atoms with Crippen molar-refractivity contribution >= 4 is 35.8 Å². The zero-order valence-corrected chi connectivity index (χ0v) is 17.3. The van der Waals surface area contributed by atoms with Gasteiger partial charge >= 0.3 is 0 Å². The molecule has 138 valence electrons. The van der Waals surface area contributed by atoms with Crippen LogP contribution in [0, 0.1) is 0 Å². The predicted octanol–water partition coefficient (Wildman–Crippen LogP) is 2.69. The zero-order valence-electron chi connectivity index (χ0n) is 15.0. The van der Waals surface area contributed by atoms with Gasteiger partial charge in [-0.25, -0.2) is 0 Å². The number of aliphatic imine (C=N–C) groups is 1. The van der Waals surface area contributed by atoms with Crippen LogP contribution >= 0.6 is 24.0 Å². The van der Waals surface area contributed by atoms with Gasteiger partial charge in [0.05, 0.1) is 0 Å². The van der Waals surface area contributed by atoms with E-state index in [1.807, 2.05) is 0 Å². The number of carbonyl (C=O) groups excluding carboxylic acids is 1. The Labute approximate surface area is 167 Å². The lowest BCUT2D eigenvalue weighted by Gasteiger charge is -2.31. The van der Waals surface area contributed by atoms with E-state index in [0.29, 0.717) is 19.0 Å². The number of hydrogen-bond donors (Lipinski definition) is 2. The Hall–Kier alpha value is -1.31. The second kappa shape index (κ2) is 9.99. The maximum Gasteiger partial charge on any atom is 0.221 e. The molecule has 1 fully saturated rings. The van der Waals surface area contributed by atoms with E-state index < -0.39 is 0 Å². The van der Waals surface area contributed by atoms with Crippen molar-refractivity contribution < 1.29 is 4.79 Å². The predicted molar refractivity (Wildman–Crippen MR) is 112 cm³/mol. The Kier molecular flexibility index (Phi) is 7.99. The lowest BCUT2D eigenvalue weighted by atomic mass is 10.0. The average Bonchev–Trinajstić information content (AvgIpc) is 3.11. The standard InChI is InChI=1S/C19H28N4O.HI/c1-20-19(21-12-10-18(24)22-17-8-4-5-9-17)23-13-11-15-6-2-3-7-16(15)14-23;/h2-3,6-7,17H,4-5,8-14H2,1H3,(H,20,21)(H,22,24);1H. The Balaban J connectivity index is 0.00000225. The summed E-state index contributed by atoms with van der Waals surface area (Å²) in [4.78, 5) is 18.6. The highest BCUT2D eigenvalue weighted by Gasteiger charge is 2.19. The molecule has 1 aliphatic carbocycles. The van der Waals surface area contributed by atoms with Gasteiger partial charge in [-0.15, -0.1) is 24.0 Å². The normalized spacial score (nSPS) is 17.6. The molecule has 0 spiro atoms. The van der Waals surface area contributed by atoms with Gasteiger partial charge in [-0.05, 0) is 30.4 Å². The van der Waals surface area contributed by atoms with Crippen molar-refractivity contribution in [3.8, 4) is 0 Å². The highest BCUT2D eigenvalue weighted by Crippen LogP contribution is 2.19. The van der Waals surface area contributed by atoms with Crippen LogP contribution in [0.4, 0.5) is 0 Å². The fraction of sp³-hybridized carbons (Fsp3) is 0.579. The van der Waals surface area contributed by atoms with E-state index in [9.17, 15) is 4.79 Å². The molecule has 1 aromatic carbocycles. The number of rotatable bonds is 4. The van der Waals surface area contributed by atoms with Gasteiger partial charge in [0, 0.05) is 39.1 Å². The average molecular weight is 456 g/mol. The number of carbonyl (C=O) groups is 1. The molecule has 5 nitrogen and oxygen atoms in total. The van der Waals surface area contributed by atoms with Gasteiger partial charge in [-0.2, -0.15) is 0 Å². The topological polar surface area (TPSA) is 56.7 Å². The van der Waals surface area contributed by atoms with Crippen LogP contribution in [0.15, 0.2) is 29.3 Å². The monoisotopic (exact) mass is 456 g/mol. The van der Waals surface area contributed by atoms with Gasteiger partial charge in [-0.1, -0.05) is 37.1 Å². The van der Waals surface area contributed by atoms with Gasteiger partial charge in [0.1, 0.15) is 0 Å². The van der Waals surface area contributed by atoms with E-state index in [1.54, 1.807) is 7.05 Å². The Morgan fingerprint density at radius 1 is 1.24 bits per heavy atom. The molecule has 1 aromatic rings. The largest absolute Gasteiger partial charge is 0.356 e. The van der Waals surface area contributed by atoms with Crippen LogP contribution in [-0.2, 0) is 17.8 Å². The van der Waals surface area contributed by atoms with Crippen molar-refractivity contribution in [1.82, 2.24) is 15.5 Å². The summed E-state index contributed by atoms with van der Waals surface area (Å²) in [6.07, 6.45) is 6.29. The van der Waals surface area contributed by atoms with Crippen LogP contribution in [-0.4, -0.2) is 42.9 Å². The van der Waals surface area contributed by atoms with Gasteiger partial charge in [0.15, 0.2) is 5.96 Å². The summed E-state index contributed by atoms with van der Waals surface area (Å²) in [5.41, 5.74) is 2.80. The van der Waals surface area contributed by atoms with E-state index in [2.05, 4.69) is 44.8 Å². The van der Waals surface area contributed by atoms with E-state index in [0.717, 1.165) is 38.3 Å². The van der Waals surface area contributed by atoms with E-state index in [1.165, 1.54) is 24.0 Å². The number of benzene rings is 1. The lowest BCUT2D eigenvalue weighted by Crippen LogP contribution is -2.45. The minimum atomic E-state index is 0. The van der Waals surface area contributed by atoms with Crippen LogP contribution in [0.1, 0.15) is 43.2 Å². The maximum absolute atomic E-state index is 12.0. The fourth-order valence-corrected chi connectivity index (χ4v) is 3.67. The first-order valence-corrected chi connectivity index (χ1v) is 9.08. The number of amides is 1. The number of nitrogens with zero attached hydrogens (tertiary/aromatic N) is 2. The summed E-state index contributed by atoms with van der Waals surface area (Å²) in [6.45, 7) is 2.47. The van der Waals surface area contributed by atoms with E-state index in [4.69, 9.17) is 0 Å². The molecule has 3 rings (SSSR count). The van der Waals surface area contributed by atoms with Crippen molar-refractivity contribution in [2.24, 2.45) is 4.99 Å². The molecule has 1 heterocycles. The van der Waals surface area contributed by atoms with Crippen LogP contribution in [0.2, 0.25) is 0 Å². The third kappa shape index (κ3) is 5.59. The quantitative estimate of drug-likeness (QED) is 0.416. The number of hydrogen-bond acceptors (Lipinski definition) is 2. The first kappa shape index (κ1) is 20.0. The highest BCUT2D eigenvalue weighted by atomic mass is 127. The highest BCUT2D eigenvalue weighted by molar-refractivity contribution is 14.0. The minimum absolute atomic E-state index is 0. The van der Waals surface area contributed by atoms with Crippen molar-refractivity contribution in [1.29, 1.82) is 0 Å². The Morgan fingerprint density at radius 2 is 1.96 bits per heavy atom. The molecular weight excluding hydrogens is 427 g/mol. The van der Waals surface area contributed by atoms with Crippen molar-refractivity contribution in [3.63, 3.8) is 0 Å². The molecule has 1 amide bonds. The molecule has 0 atom stereocenters. The summed E-state index contributed by atoms with van der Waals surface area (Å²) in [5, 5.41) is 6.47. The van der Waals surface area contributed by atoms with Gasteiger partial charge in [0.25, 0.3) is 0 Å². The first-order chi connectivity index (χ1) is 11.8. The van der Waals surface area contributed by atoms with Crippen LogP contribution in [0.3, 0.4) is 0 Å². The SMILES string of the molecule is CN=C(NCCC(=O)NC1CCCC1)N1CCc2ccccc2C1.I. The Bertz CT molecular complexity index is 599. The molecule has 2 N–H and O–H groups in total. The molecule has 2 aliphatic rings.